The van der Waals surface area contributed by atoms with Gasteiger partial charge in [-0.15, -0.1) is 11.3 Å². The third-order valence-electron chi connectivity index (χ3n) is 3.75. The third kappa shape index (κ3) is 2.13. The highest BCUT2D eigenvalue weighted by Gasteiger charge is 2.32. The zero-order valence-corrected chi connectivity index (χ0v) is 13.2. The van der Waals surface area contributed by atoms with Crippen molar-refractivity contribution in [2.24, 2.45) is 0 Å². The molecule has 2 aromatic heterocycles. The highest BCUT2D eigenvalue weighted by atomic mass is 32.1. The molecule has 20 heavy (non-hydrogen) atoms. The van der Waals surface area contributed by atoms with Gasteiger partial charge in [0.25, 0.3) is 5.91 Å². The van der Waals surface area contributed by atoms with Crippen LogP contribution in [-0.2, 0) is 6.42 Å². The minimum atomic E-state index is 0.0698. The maximum atomic E-state index is 12.8. The van der Waals surface area contributed by atoms with Crippen LogP contribution in [0.25, 0.3) is 0 Å². The van der Waals surface area contributed by atoms with Crippen molar-refractivity contribution in [2.75, 3.05) is 12.3 Å². The average molecular weight is 307 g/mol. The molecule has 0 saturated heterocycles. The number of aromatic nitrogens is 1. The summed E-state index contributed by atoms with van der Waals surface area (Å²) in [6.45, 7) is 4.76. The van der Waals surface area contributed by atoms with E-state index >= 15 is 0 Å². The number of nitrogens with zero attached hydrogens (tertiary/aromatic N) is 2. The van der Waals surface area contributed by atoms with Crippen LogP contribution >= 0.6 is 22.7 Å². The number of nitrogen functional groups attached to an aromatic ring is 1. The summed E-state index contributed by atoms with van der Waals surface area (Å²) in [5.74, 6) is 0.0698. The molecule has 2 N–H and O–H groups in total. The molecule has 1 atom stereocenters. The van der Waals surface area contributed by atoms with Crippen LogP contribution < -0.4 is 5.73 Å². The molecule has 106 valence electrons. The van der Waals surface area contributed by atoms with Gasteiger partial charge in [0.05, 0.1) is 11.7 Å². The van der Waals surface area contributed by atoms with Crippen molar-refractivity contribution >= 4 is 33.7 Å². The van der Waals surface area contributed by atoms with Crippen molar-refractivity contribution in [1.29, 1.82) is 0 Å². The Morgan fingerprint density at radius 1 is 1.60 bits per heavy atom. The quantitative estimate of drug-likeness (QED) is 0.926. The molecule has 0 aromatic carbocycles. The molecule has 0 spiro atoms. The molecule has 0 saturated carbocycles. The largest absolute Gasteiger partial charge is 0.375 e. The molecule has 1 unspecified atom stereocenters. The monoisotopic (exact) mass is 307 g/mol. The van der Waals surface area contributed by atoms with Crippen LogP contribution in [0.3, 0.4) is 0 Å². The van der Waals surface area contributed by atoms with Gasteiger partial charge in [-0.1, -0.05) is 18.3 Å². The van der Waals surface area contributed by atoms with Gasteiger partial charge in [0.1, 0.15) is 4.88 Å². The van der Waals surface area contributed by atoms with Gasteiger partial charge in [-0.25, -0.2) is 4.98 Å². The average Bonchev–Trinajstić information content (AvgIpc) is 3.02. The van der Waals surface area contributed by atoms with E-state index in [-0.39, 0.29) is 11.9 Å². The van der Waals surface area contributed by atoms with E-state index in [1.54, 1.807) is 11.3 Å². The summed E-state index contributed by atoms with van der Waals surface area (Å²) < 4.78 is 0. The maximum absolute atomic E-state index is 12.8. The van der Waals surface area contributed by atoms with Crippen LogP contribution in [0.1, 0.15) is 45.2 Å². The van der Waals surface area contributed by atoms with E-state index in [4.69, 9.17) is 5.73 Å². The van der Waals surface area contributed by atoms with Crippen LogP contribution in [0.15, 0.2) is 11.4 Å². The Labute approximate surface area is 126 Å². The summed E-state index contributed by atoms with van der Waals surface area (Å²) in [7, 11) is 0. The van der Waals surface area contributed by atoms with E-state index in [1.165, 1.54) is 21.8 Å². The van der Waals surface area contributed by atoms with Crippen molar-refractivity contribution in [2.45, 2.75) is 32.7 Å². The number of thiophene rings is 1. The topological polar surface area (TPSA) is 59.2 Å². The molecule has 0 aliphatic carbocycles. The summed E-state index contributed by atoms with van der Waals surface area (Å²) in [5.41, 5.74) is 7.76. The maximum Gasteiger partial charge on any atom is 0.266 e. The Kier molecular flexibility index (Phi) is 3.52. The molecule has 1 amide bonds. The van der Waals surface area contributed by atoms with Gasteiger partial charge in [-0.2, -0.15) is 0 Å². The second-order valence-electron chi connectivity index (χ2n) is 4.94. The van der Waals surface area contributed by atoms with Gasteiger partial charge in [0.15, 0.2) is 5.13 Å². The van der Waals surface area contributed by atoms with E-state index in [2.05, 4.69) is 23.4 Å². The first kappa shape index (κ1) is 13.6. The third-order valence-corrected chi connectivity index (χ3v) is 5.72. The summed E-state index contributed by atoms with van der Waals surface area (Å²) >= 11 is 3.08. The van der Waals surface area contributed by atoms with Gasteiger partial charge < -0.3 is 10.6 Å². The van der Waals surface area contributed by atoms with Crippen molar-refractivity contribution < 1.29 is 4.79 Å². The summed E-state index contributed by atoms with van der Waals surface area (Å²) in [6, 6.07) is 2.34. The Hall–Kier alpha value is -1.40. The Balaban J connectivity index is 1.94. The Morgan fingerprint density at radius 3 is 3.05 bits per heavy atom. The fourth-order valence-corrected chi connectivity index (χ4v) is 4.54. The normalized spacial score (nSPS) is 18.1. The number of aryl methyl sites for hydroxylation is 1. The number of hydrogen-bond acceptors (Lipinski definition) is 5. The van der Waals surface area contributed by atoms with E-state index in [0.29, 0.717) is 10.0 Å². The molecule has 0 fully saturated rings. The smallest absolute Gasteiger partial charge is 0.266 e. The Bertz CT molecular complexity index is 647. The van der Waals surface area contributed by atoms with Crippen molar-refractivity contribution in [3.8, 4) is 0 Å². The minimum Gasteiger partial charge on any atom is -0.375 e. The number of amides is 1. The fourth-order valence-electron chi connectivity index (χ4n) is 2.83. The molecular formula is C14H17N3OS2. The zero-order valence-electron chi connectivity index (χ0n) is 11.5. The van der Waals surface area contributed by atoms with Gasteiger partial charge in [-0.3, -0.25) is 4.79 Å². The predicted octanol–water partition coefficient (Wildman–Crippen LogP) is 3.24. The highest BCUT2D eigenvalue weighted by Crippen LogP contribution is 2.37. The zero-order chi connectivity index (χ0) is 14.3. The van der Waals surface area contributed by atoms with E-state index in [0.717, 1.165) is 25.1 Å². The molecule has 2 aromatic rings. The number of carbonyl (C=O) groups excluding carboxylic acids is 1. The molecule has 1 aliphatic rings. The second-order valence-corrected chi connectivity index (χ2v) is 6.97. The minimum absolute atomic E-state index is 0.0698. The molecule has 1 aliphatic heterocycles. The second kappa shape index (κ2) is 5.18. The number of fused-ring (bicyclic) bond motifs is 1. The summed E-state index contributed by atoms with van der Waals surface area (Å²) in [5, 5.41) is 2.59. The van der Waals surface area contributed by atoms with Crippen LogP contribution in [0, 0.1) is 6.92 Å². The van der Waals surface area contributed by atoms with Crippen LogP contribution in [0.4, 0.5) is 5.13 Å². The van der Waals surface area contributed by atoms with Crippen molar-refractivity contribution in [3.05, 3.63) is 32.5 Å². The molecule has 0 radical (unpaired) electrons. The first-order valence-corrected chi connectivity index (χ1v) is 8.41. The number of hydrogen-bond donors (Lipinski definition) is 1. The number of anilines is 1. The molecule has 4 nitrogen and oxygen atoms in total. The first-order chi connectivity index (χ1) is 9.61. The van der Waals surface area contributed by atoms with Gasteiger partial charge in [-0.05, 0) is 36.8 Å². The van der Waals surface area contributed by atoms with Crippen molar-refractivity contribution in [3.63, 3.8) is 0 Å². The molecule has 3 heterocycles. The fraction of sp³-hybridized carbons (Fsp3) is 0.429. The predicted molar refractivity (Wildman–Crippen MR) is 83.4 cm³/mol. The van der Waals surface area contributed by atoms with Crippen LogP contribution in [0.5, 0.6) is 0 Å². The van der Waals surface area contributed by atoms with E-state index in [9.17, 15) is 4.79 Å². The molecular weight excluding hydrogens is 290 g/mol. The standard InChI is InChI=1S/C14H17N3OS2/c1-3-10-9-5-7-19-11(9)4-6-17(10)13(18)12-8(2)16-14(15)20-12/h5,7,10H,3-4,6H2,1-2H3,(H2,15,16). The Morgan fingerprint density at radius 2 is 2.40 bits per heavy atom. The first-order valence-electron chi connectivity index (χ1n) is 6.72. The van der Waals surface area contributed by atoms with Gasteiger partial charge in [0, 0.05) is 11.4 Å². The SMILES string of the molecule is CCC1c2ccsc2CCN1C(=O)c1sc(N)nc1C. The molecule has 6 heteroatoms. The summed E-state index contributed by atoms with van der Waals surface area (Å²) in [6.07, 6.45) is 1.88. The van der Waals surface area contributed by atoms with Crippen LogP contribution in [-0.4, -0.2) is 22.3 Å². The summed E-state index contributed by atoms with van der Waals surface area (Å²) in [4.78, 5) is 21.0. The molecule has 0 bridgehead atoms. The number of rotatable bonds is 2. The lowest BCUT2D eigenvalue weighted by atomic mass is 9.97. The number of thiazole rings is 1. The number of carbonyl (C=O) groups is 1. The lowest BCUT2D eigenvalue weighted by Crippen LogP contribution is -2.39. The van der Waals surface area contributed by atoms with Gasteiger partial charge >= 0.3 is 0 Å². The molecule has 3 rings (SSSR count). The highest BCUT2D eigenvalue weighted by molar-refractivity contribution is 7.17. The van der Waals surface area contributed by atoms with Gasteiger partial charge in [0.2, 0.25) is 0 Å². The lowest BCUT2D eigenvalue weighted by Gasteiger charge is -2.35. The van der Waals surface area contributed by atoms with E-state index < -0.39 is 0 Å². The number of nitrogens with two attached hydrogens (primary N) is 1. The lowest BCUT2D eigenvalue weighted by molar-refractivity contribution is 0.0661. The van der Waals surface area contributed by atoms with Crippen LogP contribution in [0.2, 0.25) is 0 Å². The van der Waals surface area contributed by atoms with E-state index in [1.807, 2.05) is 11.8 Å². The van der Waals surface area contributed by atoms with Crippen molar-refractivity contribution in [1.82, 2.24) is 9.88 Å².